The van der Waals surface area contributed by atoms with E-state index < -0.39 is 0 Å². The highest BCUT2D eigenvalue weighted by Crippen LogP contribution is 2.11. The van der Waals surface area contributed by atoms with Crippen LogP contribution >= 0.6 is 0 Å². The second kappa shape index (κ2) is 6.82. The van der Waals surface area contributed by atoms with Crippen LogP contribution in [0.4, 0.5) is 5.69 Å². The number of nitrogens with zero attached hydrogens (tertiary/aromatic N) is 1. The Bertz CT molecular complexity index is 569. The molecule has 0 aliphatic carbocycles. The molecule has 0 aliphatic heterocycles. The summed E-state index contributed by atoms with van der Waals surface area (Å²) in [6, 6.07) is 11.8. The fourth-order valence-electron chi connectivity index (χ4n) is 1.94. The van der Waals surface area contributed by atoms with Gasteiger partial charge in [0.15, 0.2) is 0 Å². The van der Waals surface area contributed by atoms with Gasteiger partial charge in [-0.1, -0.05) is 12.1 Å². The van der Waals surface area contributed by atoms with E-state index in [2.05, 4.69) is 15.6 Å². The number of anilines is 1. The predicted octanol–water partition coefficient (Wildman–Crippen LogP) is 2.68. The highest BCUT2D eigenvalue weighted by Gasteiger charge is 2.07. The molecular weight excluding hydrogens is 250 g/mol. The molecule has 1 aromatic carbocycles. The molecule has 2 N–H and O–H groups in total. The minimum atomic E-state index is -0.0449. The van der Waals surface area contributed by atoms with Crippen LogP contribution < -0.4 is 10.6 Å². The summed E-state index contributed by atoms with van der Waals surface area (Å²) in [6.45, 7) is 4.30. The van der Waals surface area contributed by atoms with Gasteiger partial charge in [0.1, 0.15) is 0 Å². The molecule has 0 bridgehead atoms. The van der Waals surface area contributed by atoms with Crippen molar-refractivity contribution in [1.29, 1.82) is 0 Å². The Hall–Kier alpha value is -2.20. The van der Waals surface area contributed by atoms with Crippen LogP contribution in [0.5, 0.6) is 0 Å². The molecule has 0 radical (unpaired) electrons. The van der Waals surface area contributed by atoms with Crippen LogP contribution in [0.3, 0.4) is 0 Å². The lowest BCUT2D eigenvalue weighted by Gasteiger charge is -2.14. The number of hydrogen-bond acceptors (Lipinski definition) is 3. The first kappa shape index (κ1) is 14.2. The molecule has 0 aliphatic rings. The Morgan fingerprint density at radius 1 is 1.25 bits per heavy atom. The van der Waals surface area contributed by atoms with Crippen LogP contribution in [0.15, 0.2) is 48.8 Å². The minimum absolute atomic E-state index is 0.0449. The Morgan fingerprint density at radius 3 is 2.70 bits per heavy atom. The first-order valence-electron chi connectivity index (χ1n) is 6.65. The highest BCUT2D eigenvalue weighted by atomic mass is 16.1. The average molecular weight is 269 g/mol. The van der Waals surface area contributed by atoms with Gasteiger partial charge in [-0.2, -0.15) is 0 Å². The normalized spacial score (nSPS) is 11.9. The van der Waals surface area contributed by atoms with Crippen molar-refractivity contribution < 1.29 is 4.79 Å². The third-order valence-corrected chi connectivity index (χ3v) is 3.08. The van der Waals surface area contributed by atoms with E-state index in [1.807, 2.05) is 50.2 Å². The molecule has 0 fully saturated rings. The van der Waals surface area contributed by atoms with Gasteiger partial charge in [-0.15, -0.1) is 0 Å². The topological polar surface area (TPSA) is 54.0 Å². The molecule has 2 rings (SSSR count). The maximum absolute atomic E-state index is 11.9. The molecule has 1 atom stereocenters. The van der Waals surface area contributed by atoms with Crippen molar-refractivity contribution in [2.24, 2.45) is 0 Å². The van der Waals surface area contributed by atoms with E-state index in [-0.39, 0.29) is 18.5 Å². The molecule has 4 nitrogen and oxygen atoms in total. The molecule has 0 saturated heterocycles. The molecule has 4 heteroatoms. The zero-order valence-electron chi connectivity index (χ0n) is 11.8. The number of carbonyl (C=O) groups is 1. The zero-order chi connectivity index (χ0) is 14.4. The number of hydrogen-bond donors (Lipinski definition) is 2. The van der Waals surface area contributed by atoms with Crippen LogP contribution in [0, 0.1) is 6.92 Å². The average Bonchev–Trinajstić information content (AvgIpc) is 2.46. The van der Waals surface area contributed by atoms with Gasteiger partial charge in [-0.3, -0.25) is 9.78 Å². The molecule has 0 unspecified atom stereocenters. The number of carbonyl (C=O) groups excluding carboxylic acids is 1. The van der Waals surface area contributed by atoms with Gasteiger partial charge < -0.3 is 10.6 Å². The number of amides is 1. The molecule has 0 spiro atoms. The van der Waals surface area contributed by atoms with Crippen LogP contribution in [0.1, 0.15) is 24.1 Å². The minimum Gasteiger partial charge on any atom is -0.325 e. The van der Waals surface area contributed by atoms with Crippen LogP contribution in [0.25, 0.3) is 0 Å². The van der Waals surface area contributed by atoms with Crippen molar-refractivity contribution in [3.8, 4) is 0 Å². The fourth-order valence-corrected chi connectivity index (χ4v) is 1.94. The molecule has 1 heterocycles. The van der Waals surface area contributed by atoms with Gasteiger partial charge in [-0.25, -0.2) is 0 Å². The number of rotatable bonds is 5. The molecule has 20 heavy (non-hydrogen) atoms. The molecular formula is C16H19N3O. The van der Waals surface area contributed by atoms with Gasteiger partial charge >= 0.3 is 0 Å². The van der Waals surface area contributed by atoms with E-state index in [1.165, 1.54) is 0 Å². The summed E-state index contributed by atoms with van der Waals surface area (Å²) in [4.78, 5) is 15.9. The quantitative estimate of drug-likeness (QED) is 0.877. The summed E-state index contributed by atoms with van der Waals surface area (Å²) in [5, 5.41) is 6.07. The first-order valence-corrected chi connectivity index (χ1v) is 6.65. The monoisotopic (exact) mass is 269 g/mol. The van der Waals surface area contributed by atoms with E-state index in [0.717, 1.165) is 16.8 Å². The van der Waals surface area contributed by atoms with Crippen molar-refractivity contribution >= 4 is 11.6 Å². The van der Waals surface area contributed by atoms with Gasteiger partial charge in [-0.05, 0) is 49.2 Å². The largest absolute Gasteiger partial charge is 0.325 e. The van der Waals surface area contributed by atoms with Gasteiger partial charge in [0.25, 0.3) is 0 Å². The van der Waals surface area contributed by atoms with Crippen molar-refractivity contribution in [3.63, 3.8) is 0 Å². The van der Waals surface area contributed by atoms with E-state index in [1.54, 1.807) is 12.4 Å². The van der Waals surface area contributed by atoms with Gasteiger partial charge in [0.05, 0.1) is 6.54 Å². The van der Waals surface area contributed by atoms with E-state index in [0.29, 0.717) is 0 Å². The molecule has 2 aromatic rings. The highest BCUT2D eigenvalue weighted by molar-refractivity contribution is 5.92. The number of aromatic nitrogens is 1. The molecule has 104 valence electrons. The van der Waals surface area contributed by atoms with Gasteiger partial charge in [0.2, 0.25) is 5.91 Å². The van der Waals surface area contributed by atoms with E-state index >= 15 is 0 Å². The first-order chi connectivity index (χ1) is 9.65. The summed E-state index contributed by atoms with van der Waals surface area (Å²) < 4.78 is 0. The summed E-state index contributed by atoms with van der Waals surface area (Å²) in [7, 11) is 0. The fraction of sp³-hybridized carbons (Fsp3) is 0.250. The molecule has 0 saturated carbocycles. The van der Waals surface area contributed by atoms with Crippen LogP contribution in [-0.4, -0.2) is 17.4 Å². The molecule has 1 amide bonds. The summed E-state index contributed by atoms with van der Waals surface area (Å²) >= 11 is 0. The number of pyridine rings is 1. The standard InChI is InChI=1S/C16H19N3O/c1-12-4-3-5-15(10-12)19-16(20)11-18-13(2)14-6-8-17-9-7-14/h3-10,13,18H,11H2,1-2H3,(H,19,20)/t13-/m0/s1. The van der Waals surface area contributed by atoms with Gasteiger partial charge in [0, 0.05) is 24.1 Å². The van der Waals surface area contributed by atoms with E-state index in [9.17, 15) is 4.79 Å². The zero-order valence-corrected chi connectivity index (χ0v) is 11.8. The number of nitrogens with one attached hydrogen (secondary N) is 2. The Morgan fingerprint density at radius 2 is 2.00 bits per heavy atom. The lowest BCUT2D eigenvalue weighted by molar-refractivity contribution is -0.115. The third-order valence-electron chi connectivity index (χ3n) is 3.08. The summed E-state index contributed by atoms with van der Waals surface area (Å²) in [5.74, 6) is -0.0449. The smallest absolute Gasteiger partial charge is 0.238 e. The Kier molecular flexibility index (Phi) is 4.85. The number of benzene rings is 1. The van der Waals surface area contributed by atoms with E-state index in [4.69, 9.17) is 0 Å². The Balaban J connectivity index is 1.83. The van der Waals surface area contributed by atoms with Crippen molar-refractivity contribution in [3.05, 3.63) is 59.9 Å². The predicted molar refractivity (Wildman–Crippen MR) is 80.5 cm³/mol. The van der Waals surface area contributed by atoms with Crippen molar-refractivity contribution in [2.75, 3.05) is 11.9 Å². The maximum Gasteiger partial charge on any atom is 0.238 e. The Labute approximate surface area is 119 Å². The van der Waals surface area contributed by atoms with Crippen LogP contribution in [0.2, 0.25) is 0 Å². The van der Waals surface area contributed by atoms with Crippen LogP contribution in [-0.2, 0) is 4.79 Å². The second-order valence-electron chi connectivity index (χ2n) is 4.80. The third kappa shape index (κ3) is 4.17. The lowest BCUT2D eigenvalue weighted by atomic mass is 10.1. The second-order valence-corrected chi connectivity index (χ2v) is 4.80. The lowest BCUT2D eigenvalue weighted by Crippen LogP contribution is -2.30. The SMILES string of the molecule is Cc1cccc(NC(=O)CN[C@@H](C)c2ccncc2)c1. The summed E-state index contributed by atoms with van der Waals surface area (Å²) in [5.41, 5.74) is 3.07. The maximum atomic E-state index is 11.9. The number of aryl methyl sites for hydroxylation is 1. The summed E-state index contributed by atoms with van der Waals surface area (Å²) in [6.07, 6.45) is 3.50. The van der Waals surface area contributed by atoms with Crippen molar-refractivity contribution in [1.82, 2.24) is 10.3 Å². The van der Waals surface area contributed by atoms with Crippen molar-refractivity contribution in [2.45, 2.75) is 19.9 Å². The molecule has 1 aromatic heterocycles.